The van der Waals surface area contributed by atoms with Gasteiger partial charge >= 0.3 is 5.63 Å². The molecule has 3 heterocycles. The lowest BCUT2D eigenvalue weighted by Gasteiger charge is -2.47. The van der Waals surface area contributed by atoms with Crippen molar-refractivity contribution in [2.24, 2.45) is 0 Å². The molecule has 0 N–H and O–H groups in total. The molecule has 2 aliphatic rings. The van der Waals surface area contributed by atoms with Crippen LogP contribution in [0.25, 0.3) is 11.0 Å². The molecule has 4 rings (SSSR count). The Bertz CT molecular complexity index is 985. The highest BCUT2D eigenvalue weighted by Gasteiger charge is 2.37. The van der Waals surface area contributed by atoms with Gasteiger partial charge in [0.05, 0.1) is 5.39 Å². The maximum Gasteiger partial charge on any atom is 0.339 e. The number of aryl methyl sites for hydroxylation is 2. The molecule has 0 aliphatic carbocycles. The van der Waals surface area contributed by atoms with E-state index >= 15 is 0 Å². The molecule has 0 saturated carbocycles. The van der Waals surface area contributed by atoms with Crippen molar-refractivity contribution in [2.75, 3.05) is 26.2 Å². The van der Waals surface area contributed by atoms with Crippen LogP contribution in [0.1, 0.15) is 42.9 Å². The molecular formula is C23H30N2O4. The number of rotatable bonds is 4. The maximum atomic E-state index is 12.9. The molecule has 156 valence electrons. The first-order chi connectivity index (χ1) is 13.8. The van der Waals surface area contributed by atoms with Gasteiger partial charge in [-0.3, -0.25) is 9.69 Å². The van der Waals surface area contributed by atoms with Gasteiger partial charge in [-0.25, -0.2) is 4.79 Å². The monoisotopic (exact) mass is 398 g/mol. The Morgan fingerprint density at radius 3 is 2.48 bits per heavy atom. The van der Waals surface area contributed by atoms with Crippen LogP contribution in [0.2, 0.25) is 0 Å². The van der Waals surface area contributed by atoms with E-state index in [1.807, 2.05) is 30.9 Å². The molecule has 1 atom stereocenters. The summed E-state index contributed by atoms with van der Waals surface area (Å²) in [7, 11) is 0. The summed E-state index contributed by atoms with van der Waals surface area (Å²) >= 11 is 0. The molecule has 2 aliphatic heterocycles. The minimum Gasteiger partial charge on any atom is -0.480 e. The van der Waals surface area contributed by atoms with Gasteiger partial charge in [-0.1, -0.05) is 6.42 Å². The number of piperidine rings is 1. The highest BCUT2D eigenvalue weighted by atomic mass is 16.5. The van der Waals surface area contributed by atoms with Crippen molar-refractivity contribution in [1.82, 2.24) is 9.80 Å². The second kappa shape index (κ2) is 7.82. The second-order valence-corrected chi connectivity index (χ2v) is 8.53. The molecule has 0 spiro atoms. The van der Waals surface area contributed by atoms with Crippen LogP contribution in [-0.2, 0) is 4.79 Å². The van der Waals surface area contributed by atoms with Gasteiger partial charge in [0.25, 0.3) is 5.91 Å². The summed E-state index contributed by atoms with van der Waals surface area (Å²) < 4.78 is 11.6. The molecule has 2 fully saturated rings. The number of ether oxygens (including phenoxy) is 1. The molecule has 1 aromatic heterocycles. The van der Waals surface area contributed by atoms with Crippen molar-refractivity contribution in [3.63, 3.8) is 0 Å². The van der Waals surface area contributed by atoms with Gasteiger partial charge < -0.3 is 14.1 Å². The van der Waals surface area contributed by atoms with E-state index < -0.39 is 6.10 Å². The molecule has 2 aromatic rings. The van der Waals surface area contributed by atoms with E-state index in [2.05, 4.69) is 4.90 Å². The van der Waals surface area contributed by atoms with Crippen LogP contribution >= 0.6 is 0 Å². The van der Waals surface area contributed by atoms with Crippen LogP contribution in [0.15, 0.2) is 21.3 Å². The number of amides is 1. The van der Waals surface area contributed by atoms with E-state index in [0.717, 1.165) is 42.7 Å². The largest absolute Gasteiger partial charge is 0.480 e. The van der Waals surface area contributed by atoms with Gasteiger partial charge in [-0.15, -0.1) is 0 Å². The zero-order valence-electron chi connectivity index (χ0n) is 17.8. The summed E-state index contributed by atoms with van der Waals surface area (Å²) in [6.45, 7) is 11.2. The maximum absolute atomic E-state index is 12.9. The Hall–Kier alpha value is -2.34. The third-order valence-electron chi connectivity index (χ3n) is 6.39. The summed E-state index contributed by atoms with van der Waals surface area (Å²) in [5.74, 6) is 0.609. The first-order valence-electron chi connectivity index (χ1n) is 10.6. The predicted molar refractivity (Wildman–Crippen MR) is 113 cm³/mol. The van der Waals surface area contributed by atoms with E-state index in [1.165, 1.54) is 19.3 Å². The Morgan fingerprint density at radius 1 is 1.10 bits per heavy atom. The minimum atomic E-state index is -0.589. The average molecular weight is 399 g/mol. The number of carbonyl (C=O) groups excluding carboxylic acids is 1. The molecule has 0 bridgehead atoms. The van der Waals surface area contributed by atoms with Gasteiger partial charge in [0.2, 0.25) is 0 Å². The van der Waals surface area contributed by atoms with Crippen LogP contribution < -0.4 is 10.4 Å². The fourth-order valence-electron chi connectivity index (χ4n) is 4.43. The summed E-state index contributed by atoms with van der Waals surface area (Å²) in [4.78, 5) is 29.3. The quantitative estimate of drug-likeness (QED) is 0.740. The smallest absolute Gasteiger partial charge is 0.339 e. The molecule has 6 nitrogen and oxygen atoms in total. The normalized spacial score (nSPS) is 19.2. The van der Waals surface area contributed by atoms with E-state index in [4.69, 9.17) is 9.15 Å². The standard InChI is InChI=1S/C23H30N2O4/c1-14-10-19(21-15(2)16(3)23(27)29-20(21)11-14)28-17(4)22(26)25-12-18(13-25)24-8-6-5-7-9-24/h10-11,17-18H,5-9,12-13H2,1-4H3. The van der Waals surface area contributed by atoms with Gasteiger partial charge in [0.1, 0.15) is 11.3 Å². The predicted octanol–water partition coefficient (Wildman–Crippen LogP) is 3.18. The average Bonchev–Trinajstić information content (AvgIpc) is 2.65. The fraction of sp³-hybridized carbons (Fsp3) is 0.565. The zero-order chi connectivity index (χ0) is 20.7. The molecule has 29 heavy (non-hydrogen) atoms. The first kappa shape index (κ1) is 20.0. The van der Waals surface area contributed by atoms with Crippen molar-refractivity contribution in [1.29, 1.82) is 0 Å². The molecule has 1 amide bonds. The lowest BCUT2D eigenvalue weighted by atomic mass is 10.0. The second-order valence-electron chi connectivity index (χ2n) is 8.53. The Balaban J connectivity index is 1.49. The Labute approximate surface area is 171 Å². The SMILES string of the molecule is Cc1cc(OC(C)C(=O)N2CC(N3CCCCC3)C2)c2c(C)c(C)c(=O)oc2c1. The van der Waals surface area contributed by atoms with E-state index in [-0.39, 0.29) is 11.5 Å². The van der Waals surface area contributed by atoms with E-state index in [1.54, 1.807) is 13.8 Å². The number of likely N-dealkylation sites (tertiary alicyclic amines) is 2. The van der Waals surface area contributed by atoms with Crippen LogP contribution in [0, 0.1) is 20.8 Å². The first-order valence-corrected chi connectivity index (χ1v) is 10.6. The Morgan fingerprint density at radius 2 is 1.79 bits per heavy atom. The van der Waals surface area contributed by atoms with E-state index in [9.17, 15) is 9.59 Å². The lowest BCUT2D eigenvalue weighted by Crippen LogP contribution is -2.63. The summed E-state index contributed by atoms with van der Waals surface area (Å²) in [6.07, 6.45) is 3.26. The highest BCUT2D eigenvalue weighted by molar-refractivity contribution is 5.89. The van der Waals surface area contributed by atoms with Gasteiger partial charge in [0.15, 0.2) is 6.10 Å². The lowest BCUT2D eigenvalue weighted by molar-refractivity contribution is -0.145. The van der Waals surface area contributed by atoms with Crippen LogP contribution in [0.3, 0.4) is 0 Å². The van der Waals surface area contributed by atoms with Gasteiger partial charge in [-0.2, -0.15) is 0 Å². The van der Waals surface area contributed by atoms with Crippen molar-refractivity contribution >= 4 is 16.9 Å². The minimum absolute atomic E-state index is 0.0136. The fourth-order valence-corrected chi connectivity index (χ4v) is 4.43. The van der Waals surface area contributed by atoms with Crippen LogP contribution in [0.5, 0.6) is 5.75 Å². The number of nitrogens with zero attached hydrogens (tertiary/aromatic N) is 2. The number of hydrogen-bond donors (Lipinski definition) is 0. The number of carbonyl (C=O) groups is 1. The van der Waals surface area contributed by atoms with Crippen LogP contribution in [0.4, 0.5) is 0 Å². The molecular weight excluding hydrogens is 368 g/mol. The van der Waals surface area contributed by atoms with Crippen molar-refractivity contribution in [3.8, 4) is 5.75 Å². The third kappa shape index (κ3) is 3.78. The van der Waals surface area contributed by atoms with E-state index in [0.29, 0.717) is 22.9 Å². The molecule has 2 saturated heterocycles. The number of fused-ring (bicyclic) bond motifs is 1. The zero-order valence-corrected chi connectivity index (χ0v) is 17.8. The molecule has 1 aromatic carbocycles. The van der Waals surface area contributed by atoms with Gasteiger partial charge in [-0.05, 0) is 76.9 Å². The molecule has 6 heteroatoms. The van der Waals surface area contributed by atoms with Gasteiger partial charge in [0, 0.05) is 24.7 Å². The topological polar surface area (TPSA) is 63.0 Å². The summed E-state index contributed by atoms with van der Waals surface area (Å²) in [5.41, 5.74) is 2.49. The number of hydrogen-bond acceptors (Lipinski definition) is 5. The molecule has 1 unspecified atom stereocenters. The molecule has 0 radical (unpaired) electrons. The number of benzene rings is 1. The highest BCUT2D eigenvalue weighted by Crippen LogP contribution is 2.32. The van der Waals surface area contributed by atoms with Crippen LogP contribution in [-0.4, -0.2) is 54.0 Å². The Kier molecular flexibility index (Phi) is 5.38. The summed E-state index contributed by atoms with van der Waals surface area (Å²) in [5, 5.41) is 0.766. The van der Waals surface area contributed by atoms with Crippen molar-refractivity contribution in [2.45, 2.75) is 59.1 Å². The summed E-state index contributed by atoms with van der Waals surface area (Å²) in [6, 6.07) is 4.23. The van der Waals surface area contributed by atoms with Crippen molar-refractivity contribution < 1.29 is 13.9 Å². The van der Waals surface area contributed by atoms with Crippen molar-refractivity contribution in [3.05, 3.63) is 39.2 Å². The third-order valence-corrected chi connectivity index (χ3v) is 6.39.